The van der Waals surface area contributed by atoms with Gasteiger partial charge < -0.3 is 4.74 Å². The molecule has 0 aromatic heterocycles. The SMILES string of the molecule is O=C(/C=C/c1ccc(Cl)cc1)NNC(=O)c1ccccc1OCc1ccccc1. The van der Waals surface area contributed by atoms with E-state index in [0.29, 0.717) is 22.9 Å². The number of benzene rings is 3. The normalized spacial score (nSPS) is 10.5. The van der Waals surface area contributed by atoms with Crippen molar-refractivity contribution in [2.45, 2.75) is 6.61 Å². The van der Waals surface area contributed by atoms with Crippen LogP contribution < -0.4 is 15.6 Å². The summed E-state index contributed by atoms with van der Waals surface area (Å²) in [5.41, 5.74) is 6.88. The van der Waals surface area contributed by atoms with Crippen molar-refractivity contribution in [2.75, 3.05) is 0 Å². The lowest BCUT2D eigenvalue weighted by molar-refractivity contribution is -0.117. The first-order valence-corrected chi connectivity index (χ1v) is 9.29. The zero-order valence-electron chi connectivity index (χ0n) is 15.5. The van der Waals surface area contributed by atoms with Gasteiger partial charge in [-0.2, -0.15) is 0 Å². The van der Waals surface area contributed by atoms with Gasteiger partial charge in [0.05, 0.1) is 5.56 Å². The van der Waals surface area contributed by atoms with E-state index < -0.39 is 11.8 Å². The molecule has 29 heavy (non-hydrogen) atoms. The van der Waals surface area contributed by atoms with E-state index in [0.717, 1.165) is 11.1 Å². The van der Waals surface area contributed by atoms with E-state index in [-0.39, 0.29) is 0 Å². The third-order valence-corrected chi connectivity index (χ3v) is 4.22. The van der Waals surface area contributed by atoms with Crippen molar-refractivity contribution in [1.29, 1.82) is 0 Å². The highest BCUT2D eigenvalue weighted by molar-refractivity contribution is 6.30. The Hall–Kier alpha value is -3.57. The summed E-state index contributed by atoms with van der Waals surface area (Å²) in [6.45, 7) is 0.335. The molecule has 0 aliphatic heterocycles. The maximum absolute atomic E-state index is 12.4. The number of halogens is 1. The van der Waals surface area contributed by atoms with Crippen LogP contribution in [0.15, 0.2) is 84.9 Å². The number of amides is 2. The minimum absolute atomic E-state index is 0.324. The smallest absolute Gasteiger partial charge is 0.273 e. The summed E-state index contributed by atoms with van der Waals surface area (Å²) in [5.74, 6) is -0.502. The minimum atomic E-state index is -0.470. The van der Waals surface area contributed by atoms with Crippen molar-refractivity contribution >= 4 is 29.5 Å². The van der Waals surface area contributed by atoms with E-state index in [1.165, 1.54) is 6.08 Å². The zero-order valence-corrected chi connectivity index (χ0v) is 16.2. The number of carbonyl (C=O) groups excluding carboxylic acids is 2. The monoisotopic (exact) mass is 406 g/mol. The number of hydrogen-bond donors (Lipinski definition) is 2. The van der Waals surface area contributed by atoms with Crippen molar-refractivity contribution in [2.24, 2.45) is 0 Å². The Labute approximate surface area is 173 Å². The highest BCUT2D eigenvalue weighted by Crippen LogP contribution is 2.19. The molecular weight excluding hydrogens is 388 g/mol. The second-order valence-corrected chi connectivity index (χ2v) is 6.54. The van der Waals surface area contributed by atoms with Crippen LogP contribution in [0.2, 0.25) is 5.02 Å². The molecule has 3 aromatic rings. The van der Waals surface area contributed by atoms with Crippen LogP contribution in [-0.4, -0.2) is 11.8 Å². The molecule has 2 amide bonds. The Morgan fingerprint density at radius 1 is 0.862 bits per heavy atom. The topological polar surface area (TPSA) is 67.4 Å². The van der Waals surface area contributed by atoms with Crippen molar-refractivity contribution in [1.82, 2.24) is 10.9 Å². The van der Waals surface area contributed by atoms with Crippen LogP contribution in [0.1, 0.15) is 21.5 Å². The third kappa shape index (κ3) is 6.23. The molecule has 0 unspecified atom stereocenters. The summed E-state index contributed by atoms with van der Waals surface area (Å²) in [6, 6.07) is 23.5. The first-order valence-electron chi connectivity index (χ1n) is 8.91. The molecule has 2 N–H and O–H groups in total. The molecular formula is C23H19ClN2O3. The molecule has 0 radical (unpaired) electrons. The summed E-state index contributed by atoms with van der Waals surface area (Å²) >= 11 is 5.83. The molecule has 0 aliphatic carbocycles. The van der Waals surface area contributed by atoms with Gasteiger partial charge in [-0.25, -0.2) is 0 Å². The average Bonchev–Trinajstić information content (AvgIpc) is 2.76. The van der Waals surface area contributed by atoms with Gasteiger partial charge in [-0.05, 0) is 41.5 Å². The predicted molar refractivity (Wildman–Crippen MR) is 113 cm³/mol. The Balaban J connectivity index is 1.56. The van der Waals surface area contributed by atoms with Crippen LogP contribution in [-0.2, 0) is 11.4 Å². The standard InChI is InChI=1S/C23H19ClN2O3/c24-19-13-10-17(11-14-19)12-15-22(27)25-26-23(28)20-8-4-5-9-21(20)29-16-18-6-2-1-3-7-18/h1-15H,16H2,(H,25,27)(H,26,28)/b15-12+. The largest absolute Gasteiger partial charge is 0.488 e. The molecule has 0 atom stereocenters. The van der Waals surface area contributed by atoms with Gasteiger partial charge in [0.2, 0.25) is 0 Å². The Kier molecular flexibility index (Phi) is 7.03. The van der Waals surface area contributed by atoms with Gasteiger partial charge >= 0.3 is 0 Å². The average molecular weight is 407 g/mol. The molecule has 0 bridgehead atoms. The van der Waals surface area contributed by atoms with Crippen LogP contribution in [0.3, 0.4) is 0 Å². The lowest BCUT2D eigenvalue weighted by atomic mass is 10.2. The third-order valence-electron chi connectivity index (χ3n) is 3.97. The zero-order chi connectivity index (χ0) is 20.5. The molecule has 0 saturated heterocycles. The second kappa shape index (κ2) is 10.1. The van der Waals surface area contributed by atoms with Crippen molar-refractivity contribution in [3.8, 4) is 5.75 Å². The first kappa shape index (κ1) is 20.2. The highest BCUT2D eigenvalue weighted by Gasteiger charge is 2.12. The van der Waals surface area contributed by atoms with E-state index in [1.807, 2.05) is 30.3 Å². The Morgan fingerprint density at radius 2 is 1.55 bits per heavy atom. The molecule has 0 saturated carbocycles. The number of hydrogen-bond acceptors (Lipinski definition) is 3. The maximum atomic E-state index is 12.4. The quantitative estimate of drug-likeness (QED) is 0.471. The Morgan fingerprint density at radius 3 is 2.31 bits per heavy atom. The van der Waals surface area contributed by atoms with Gasteiger partial charge in [0.1, 0.15) is 12.4 Å². The summed E-state index contributed by atoms with van der Waals surface area (Å²) in [7, 11) is 0. The van der Waals surface area contributed by atoms with Crippen LogP contribution >= 0.6 is 11.6 Å². The molecule has 0 aliphatic rings. The number of ether oxygens (including phenoxy) is 1. The van der Waals surface area contributed by atoms with Gasteiger partial charge in [-0.1, -0.05) is 66.2 Å². The number of carbonyl (C=O) groups is 2. The van der Waals surface area contributed by atoms with E-state index in [9.17, 15) is 9.59 Å². The number of para-hydroxylation sites is 1. The van der Waals surface area contributed by atoms with Crippen molar-refractivity contribution in [3.63, 3.8) is 0 Å². The lowest BCUT2D eigenvalue weighted by Gasteiger charge is -2.12. The van der Waals surface area contributed by atoms with E-state index in [4.69, 9.17) is 16.3 Å². The van der Waals surface area contributed by atoms with Gasteiger partial charge in [0, 0.05) is 11.1 Å². The van der Waals surface area contributed by atoms with Crippen molar-refractivity contribution in [3.05, 3.63) is 107 Å². The molecule has 3 aromatic carbocycles. The van der Waals surface area contributed by atoms with Crippen LogP contribution in [0.25, 0.3) is 6.08 Å². The first-order chi connectivity index (χ1) is 14.1. The molecule has 0 spiro atoms. The molecule has 0 heterocycles. The number of nitrogens with one attached hydrogen (secondary N) is 2. The minimum Gasteiger partial charge on any atom is -0.488 e. The number of hydrazine groups is 1. The van der Waals surface area contributed by atoms with Crippen LogP contribution in [0, 0.1) is 0 Å². The summed E-state index contributed by atoms with van der Waals surface area (Å²) in [5, 5.41) is 0.618. The van der Waals surface area contributed by atoms with E-state index in [1.54, 1.807) is 54.6 Å². The highest BCUT2D eigenvalue weighted by atomic mass is 35.5. The number of rotatable bonds is 6. The van der Waals surface area contributed by atoms with E-state index >= 15 is 0 Å². The molecule has 0 fully saturated rings. The van der Waals surface area contributed by atoms with Gasteiger partial charge in [-0.3, -0.25) is 20.4 Å². The molecule has 146 valence electrons. The van der Waals surface area contributed by atoms with Crippen LogP contribution in [0.4, 0.5) is 0 Å². The Bertz CT molecular complexity index is 1000. The summed E-state index contributed by atoms with van der Waals surface area (Å²) in [6.07, 6.45) is 2.94. The van der Waals surface area contributed by atoms with Gasteiger partial charge in [0.15, 0.2) is 0 Å². The fourth-order valence-electron chi connectivity index (χ4n) is 2.49. The molecule has 6 heteroatoms. The summed E-state index contributed by atoms with van der Waals surface area (Å²) in [4.78, 5) is 24.4. The molecule has 5 nitrogen and oxygen atoms in total. The van der Waals surface area contributed by atoms with Crippen LogP contribution in [0.5, 0.6) is 5.75 Å². The van der Waals surface area contributed by atoms with Crippen molar-refractivity contribution < 1.29 is 14.3 Å². The fraction of sp³-hybridized carbons (Fsp3) is 0.0435. The fourth-order valence-corrected chi connectivity index (χ4v) is 2.61. The van der Waals surface area contributed by atoms with Gasteiger partial charge in [0.25, 0.3) is 11.8 Å². The molecule has 3 rings (SSSR count). The second-order valence-electron chi connectivity index (χ2n) is 6.10. The lowest BCUT2D eigenvalue weighted by Crippen LogP contribution is -2.40. The summed E-state index contributed by atoms with van der Waals surface area (Å²) < 4.78 is 5.77. The van der Waals surface area contributed by atoms with E-state index in [2.05, 4.69) is 10.9 Å². The predicted octanol–water partition coefficient (Wildman–Crippen LogP) is 4.39. The van der Waals surface area contributed by atoms with Gasteiger partial charge in [-0.15, -0.1) is 0 Å². The maximum Gasteiger partial charge on any atom is 0.273 e.